The second-order valence-corrected chi connectivity index (χ2v) is 6.32. The number of halogens is 1. The smallest absolute Gasteiger partial charge is 0.338 e. The van der Waals surface area contributed by atoms with E-state index in [1.54, 1.807) is 30.3 Å². The van der Waals surface area contributed by atoms with E-state index in [1.165, 1.54) is 17.2 Å². The fraction of sp³-hybridized carbons (Fsp3) is 0.294. The summed E-state index contributed by atoms with van der Waals surface area (Å²) in [7, 11) is 0. The molecule has 0 saturated carbocycles. The van der Waals surface area contributed by atoms with Crippen LogP contribution < -0.4 is 0 Å². The summed E-state index contributed by atoms with van der Waals surface area (Å²) in [4.78, 5) is 24.4. The van der Waals surface area contributed by atoms with Crippen molar-refractivity contribution < 1.29 is 24.5 Å². The van der Waals surface area contributed by atoms with Gasteiger partial charge in [0.15, 0.2) is 23.1 Å². The van der Waals surface area contributed by atoms with E-state index in [4.69, 9.17) is 21.1 Å². The van der Waals surface area contributed by atoms with Crippen molar-refractivity contribution in [1.82, 2.24) is 19.5 Å². The van der Waals surface area contributed by atoms with Crippen molar-refractivity contribution in [3.63, 3.8) is 0 Å². The van der Waals surface area contributed by atoms with Gasteiger partial charge in [0.25, 0.3) is 0 Å². The average Bonchev–Trinajstić information content (AvgIpc) is 3.25. The van der Waals surface area contributed by atoms with Crippen molar-refractivity contribution in [2.24, 2.45) is 0 Å². The number of carbonyl (C=O) groups excluding carboxylic acids is 1. The SMILES string of the molecule is O=C(O[C@H]1[C@@H](O)[C@H](n2cnc3c(Cl)ncnc32)O[C@@H]1CO)c1ccccc1. The molecule has 2 N–H and O–H groups in total. The normalized spacial score (nSPS) is 25.0. The van der Waals surface area contributed by atoms with Crippen molar-refractivity contribution in [2.75, 3.05) is 6.61 Å². The molecule has 0 aliphatic carbocycles. The molecule has 10 heteroatoms. The fourth-order valence-corrected chi connectivity index (χ4v) is 3.19. The van der Waals surface area contributed by atoms with E-state index in [1.807, 2.05) is 0 Å². The Kier molecular flexibility index (Phi) is 4.75. The molecule has 2 aromatic heterocycles. The molecule has 3 aromatic rings. The molecule has 1 fully saturated rings. The molecule has 0 spiro atoms. The summed E-state index contributed by atoms with van der Waals surface area (Å²) in [6.45, 7) is -0.442. The number of nitrogens with zero attached hydrogens (tertiary/aromatic N) is 4. The number of aromatic nitrogens is 4. The van der Waals surface area contributed by atoms with Gasteiger partial charge in [-0.15, -0.1) is 0 Å². The number of benzene rings is 1. The Morgan fingerprint density at radius 3 is 2.78 bits per heavy atom. The zero-order chi connectivity index (χ0) is 19.0. The summed E-state index contributed by atoms with van der Waals surface area (Å²) >= 11 is 6.00. The zero-order valence-electron chi connectivity index (χ0n) is 13.8. The third kappa shape index (κ3) is 3.15. The van der Waals surface area contributed by atoms with Gasteiger partial charge < -0.3 is 19.7 Å². The lowest BCUT2D eigenvalue weighted by atomic mass is 10.1. The number of fused-ring (bicyclic) bond motifs is 1. The van der Waals surface area contributed by atoms with Gasteiger partial charge >= 0.3 is 5.97 Å². The maximum Gasteiger partial charge on any atom is 0.338 e. The number of ether oxygens (including phenoxy) is 2. The summed E-state index contributed by atoms with van der Waals surface area (Å²) in [5.74, 6) is -0.622. The van der Waals surface area contributed by atoms with Crippen molar-refractivity contribution in [3.05, 3.63) is 53.7 Å². The molecule has 1 aliphatic heterocycles. The number of carbonyl (C=O) groups is 1. The van der Waals surface area contributed by atoms with Crippen LogP contribution in [0, 0.1) is 0 Å². The van der Waals surface area contributed by atoms with E-state index >= 15 is 0 Å². The van der Waals surface area contributed by atoms with Gasteiger partial charge in [-0.05, 0) is 12.1 Å². The quantitative estimate of drug-likeness (QED) is 0.499. The number of imidazole rings is 1. The van der Waals surface area contributed by atoms with Crippen molar-refractivity contribution in [2.45, 2.75) is 24.5 Å². The van der Waals surface area contributed by atoms with Crippen LogP contribution in [0.15, 0.2) is 43.0 Å². The highest BCUT2D eigenvalue weighted by Gasteiger charge is 2.47. The lowest BCUT2D eigenvalue weighted by molar-refractivity contribution is -0.0529. The number of aliphatic hydroxyl groups is 2. The number of rotatable bonds is 4. The minimum Gasteiger partial charge on any atom is -0.453 e. The maximum absolute atomic E-state index is 12.3. The molecule has 4 atom stereocenters. The van der Waals surface area contributed by atoms with Gasteiger partial charge in [0.1, 0.15) is 24.1 Å². The molecule has 4 rings (SSSR count). The van der Waals surface area contributed by atoms with Crippen LogP contribution in [0.25, 0.3) is 11.2 Å². The van der Waals surface area contributed by atoms with E-state index < -0.39 is 37.1 Å². The van der Waals surface area contributed by atoms with Crippen LogP contribution in [-0.4, -0.2) is 60.6 Å². The standard InChI is InChI=1S/C17H15ClN4O5/c18-14-11-15(20-7-19-14)22(8-21-11)16-12(24)13(10(6-23)26-16)27-17(25)9-4-2-1-3-5-9/h1-5,7-8,10,12-13,16,23-24H,6H2/t10-,12-,13-,16-/m1/s1. The first kappa shape index (κ1) is 17.8. The van der Waals surface area contributed by atoms with E-state index in [2.05, 4.69) is 15.0 Å². The molecule has 0 unspecified atom stereocenters. The largest absolute Gasteiger partial charge is 0.453 e. The lowest BCUT2D eigenvalue weighted by Crippen LogP contribution is -2.37. The van der Waals surface area contributed by atoms with Gasteiger partial charge in [-0.3, -0.25) is 4.57 Å². The second-order valence-electron chi connectivity index (χ2n) is 5.96. The second kappa shape index (κ2) is 7.20. The molecule has 1 saturated heterocycles. The molecule has 27 heavy (non-hydrogen) atoms. The van der Waals surface area contributed by atoms with Gasteiger partial charge in [-0.2, -0.15) is 0 Å². The van der Waals surface area contributed by atoms with Crippen LogP contribution >= 0.6 is 11.6 Å². The van der Waals surface area contributed by atoms with Crippen molar-refractivity contribution in [3.8, 4) is 0 Å². The van der Waals surface area contributed by atoms with E-state index in [-0.39, 0.29) is 5.15 Å². The number of hydrogen-bond donors (Lipinski definition) is 2. The van der Waals surface area contributed by atoms with E-state index in [9.17, 15) is 15.0 Å². The fourth-order valence-electron chi connectivity index (χ4n) is 3.02. The van der Waals surface area contributed by atoms with Gasteiger partial charge in [0.2, 0.25) is 0 Å². The number of hydrogen-bond acceptors (Lipinski definition) is 8. The summed E-state index contributed by atoms with van der Waals surface area (Å²) in [5.41, 5.74) is 1.03. The highest BCUT2D eigenvalue weighted by molar-refractivity contribution is 6.33. The van der Waals surface area contributed by atoms with Crippen LogP contribution in [0.4, 0.5) is 0 Å². The Morgan fingerprint density at radius 1 is 1.26 bits per heavy atom. The van der Waals surface area contributed by atoms with Crippen LogP contribution in [0.1, 0.15) is 16.6 Å². The highest BCUT2D eigenvalue weighted by Crippen LogP contribution is 2.34. The summed E-state index contributed by atoms with van der Waals surface area (Å²) in [5, 5.41) is 20.5. The first-order valence-electron chi connectivity index (χ1n) is 8.13. The van der Waals surface area contributed by atoms with Gasteiger partial charge in [0.05, 0.1) is 18.5 Å². The van der Waals surface area contributed by atoms with E-state index in [0.29, 0.717) is 16.7 Å². The monoisotopic (exact) mass is 390 g/mol. The minimum absolute atomic E-state index is 0.164. The van der Waals surface area contributed by atoms with Crippen molar-refractivity contribution >= 4 is 28.7 Å². The predicted molar refractivity (Wildman–Crippen MR) is 93.0 cm³/mol. The minimum atomic E-state index is -1.25. The van der Waals surface area contributed by atoms with Gasteiger partial charge in [0, 0.05) is 0 Å². The predicted octanol–water partition coefficient (Wildman–Crippen LogP) is 0.956. The van der Waals surface area contributed by atoms with Crippen LogP contribution in [0.2, 0.25) is 5.15 Å². The first-order chi connectivity index (χ1) is 13.1. The van der Waals surface area contributed by atoms with Crippen molar-refractivity contribution in [1.29, 1.82) is 0 Å². The number of aliphatic hydroxyl groups excluding tert-OH is 2. The molecular weight excluding hydrogens is 376 g/mol. The molecule has 1 aromatic carbocycles. The summed E-state index contributed by atoms with van der Waals surface area (Å²) < 4.78 is 12.6. The molecule has 9 nitrogen and oxygen atoms in total. The highest BCUT2D eigenvalue weighted by atomic mass is 35.5. The van der Waals surface area contributed by atoms with Crippen LogP contribution in [0.3, 0.4) is 0 Å². The molecule has 0 bridgehead atoms. The molecule has 3 heterocycles. The molecular formula is C17H15ClN4O5. The lowest BCUT2D eigenvalue weighted by Gasteiger charge is -2.20. The average molecular weight is 391 g/mol. The Bertz CT molecular complexity index is 966. The Morgan fingerprint density at radius 2 is 2.04 bits per heavy atom. The third-order valence-electron chi connectivity index (χ3n) is 4.33. The first-order valence-corrected chi connectivity index (χ1v) is 8.51. The molecule has 0 amide bonds. The van der Waals surface area contributed by atoms with Gasteiger partial charge in [-0.25, -0.2) is 19.7 Å². The number of esters is 1. The Balaban J connectivity index is 1.61. The molecule has 140 valence electrons. The van der Waals surface area contributed by atoms with Gasteiger partial charge in [-0.1, -0.05) is 29.8 Å². The zero-order valence-corrected chi connectivity index (χ0v) is 14.6. The molecule has 0 radical (unpaired) electrons. The summed E-state index contributed by atoms with van der Waals surface area (Å²) in [6.07, 6.45) is -1.53. The Labute approximate surface area is 158 Å². The van der Waals surface area contributed by atoms with Crippen LogP contribution in [-0.2, 0) is 9.47 Å². The van der Waals surface area contributed by atoms with Crippen LogP contribution in [0.5, 0.6) is 0 Å². The topological polar surface area (TPSA) is 120 Å². The molecule has 1 aliphatic rings. The third-order valence-corrected chi connectivity index (χ3v) is 4.61. The summed E-state index contributed by atoms with van der Waals surface area (Å²) in [6, 6.07) is 8.36. The maximum atomic E-state index is 12.3. The Hall–Kier alpha value is -2.59. The van der Waals surface area contributed by atoms with E-state index in [0.717, 1.165) is 0 Å².